The van der Waals surface area contributed by atoms with Gasteiger partial charge in [-0.25, -0.2) is 0 Å². The Kier molecular flexibility index (Phi) is 3.66. The van der Waals surface area contributed by atoms with E-state index < -0.39 is 6.10 Å². The molecule has 2 saturated heterocycles. The van der Waals surface area contributed by atoms with E-state index in [1.54, 1.807) is 0 Å². The first-order valence-corrected chi connectivity index (χ1v) is 6.29. The van der Waals surface area contributed by atoms with Gasteiger partial charge in [0.2, 0.25) is 0 Å². The normalized spacial score (nSPS) is 30.7. The molecule has 2 aliphatic heterocycles. The lowest BCUT2D eigenvalue weighted by Crippen LogP contribution is -2.47. The zero-order valence-electron chi connectivity index (χ0n) is 10.4. The maximum Gasteiger partial charge on any atom is 0.303 e. The number of nitrogens with zero attached hydrogens (tertiary/aromatic N) is 1. The van der Waals surface area contributed by atoms with Crippen molar-refractivity contribution in [2.45, 2.75) is 51.3 Å². The van der Waals surface area contributed by atoms with Crippen LogP contribution in [-0.4, -0.2) is 48.1 Å². The number of rotatable bonds is 2. The quantitative estimate of drug-likeness (QED) is 0.705. The summed E-state index contributed by atoms with van der Waals surface area (Å²) < 4.78 is 5.07. The Morgan fingerprint density at radius 3 is 2.65 bits per heavy atom. The molecule has 0 aromatic heterocycles. The standard InChI is InChI=1S/C12H20N2O3/c1-8-7-11(17-9(2)15)12(16)14(8)10-3-5-13-6-4-10/h8,10-11,13H,3-7H2,1-2H3/t8-,11?/m0/s1. The van der Waals surface area contributed by atoms with E-state index in [9.17, 15) is 9.59 Å². The third-order valence-electron chi connectivity index (χ3n) is 3.57. The van der Waals surface area contributed by atoms with Crippen molar-refractivity contribution in [2.75, 3.05) is 13.1 Å². The van der Waals surface area contributed by atoms with E-state index in [2.05, 4.69) is 5.32 Å². The summed E-state index contributed by atoms with van der Waals surface area (Å²) in [7, 11) is 0. The van der Waals surface area contributed by atoms with Gasteiger partial charge in [-0.3, -0.25) is 9.59 Å². The molecule has 1 unspecified atom stereocenters. The Bertz CT molecular complexity index is 313. The molecule has 96 valence electrons. The molecule has 0 aliphatic carbocycles. The molecular formula is C12H20N2O3. The fourth-order valence-corrected chi connectivity index (χ4v) is 2.83. The Morgan fingerprint density at radius 1 is 1.41 bits per heavy atom. The first-order valence-electron chi connectivity index (χ1n) is 6.29. The van der Waals surface area contributed by atoms with Crippen molar-refractivity contribution in [3.63, 3.8) is 0 Å². The number of nitrogens with one attached hydrogen (secondary N) is 1. The van der Waals surface area contributed by atoms with Crippen LogP contribution in [0.1, 0.15) is 33.1 Å². The average molecular weight is 240 g/mol. The van der Waals surface area contributed by atoms with Gasteiger partial charge in [-0.2, -0.15) is 0 Å². The minimum atomic E-state index is -0.558. The molecule has 0 radical (unpaired) electrons. The maximum atomic E-state index is 12.2. The molecule has 2 fully saturated rings. The SMILES string of the molecule is CC(=O)OC1C[C@H](C)N(C2CCNCC2)C1=O. The number of likely N-dealkylation sites (tertiary alicyclic amines) is 1. The zero-order chi connectivity index (χ0) is 12.4. The van der Waals surface area contributed by atoms with E-state index in [4.69, 9.17) is 4.74 Å². The smallest absolute Gasteiger partial charge is 0.303 e. The number of esters is 1. The largest absolute Gasteiger partial charge is 0.452 e. The predicted molar refractivity (Wildman–Crippen MR) is 62.4 cm³/mol. The van der Waals surface area contributed by atoms with Crippen LogP contribution in [0.2, 0.25) is 0 Å². The second kappa shape index (κ2) is 5.04. The van der Waals surface area contributed by atoms with Gasteiger partial charge in [0.05, 0.1) is 0 Å². The summed E-state index contributed by atoms with van der Waals surface area (Å²) in [4.78, 5) is 25.0. The summed E-state index contributed by atoms with van der Waals surface area (Å²) in [6.07, 6.45) is 2.05. The third-order valence-corrected chi connectivity index (χ3v) is 3.57. The topological polar surface area (TPSA) is 58.6 Å². The lowest BCUT2D eigenvalue weighted by molar-refractivity contribution is -0.155. The molecular weight excluding hydrogens is 220 g/mol. The summed E-state index contributed by atoms with van der Waals surface area (Å²) in [5.41, 5.74) is 0. The number of hydrogen-bond donors (Lipinski definition) is 1. The fourth-order valence-electron chi connectivity index (χ4n) is 2.83. The maximum absolute atomic E-state index is 12.2. The summed E-state index contributed by atoms with van der Waals surface area (Å²) in [6, 6.07) is 0.481. The molecule has 2 aliphatic rings. The van der Waals surface area contributed by atoms with Crippen LogP contribution in [0, 0.1) is 0 Å². The average Bonchev–Trinajstić information content (AvgIpc) is 2.54. The summed E-state index contributed by atoms with van der Waals surface area (Å²) >= 11 is 0. The monoisotopic (exact) mass is 240 g/mol. The first-order chi connectivity index (χ1) is 8.09. The molecule has 0 saturated carbocycles. The van der Waals surface area contributed by atoms with Gasteiger partial charge in [0.1, 0.15) is 0 Å². The van der Waals surface area contributed by atoms with Gasteiger partial charge in [0, 0.05) is 25.4 Å². The second-order valence-electron chi connectivity index (χ2n) is 4.91. The van der Waals surface area contributed by atoms with Crippen molar-refractivity contribution in [3.05, 3.63) is 0 Å². The van der Waals surface area contributed by atoms with E-state index in [0.717, 1.165) is 25.9 Å². The Labute approximate surface area is 101 Å². The van der Waals surface area contributed by atoms with Crippen molar-refractivity contribution in [1.29, 1.82) is 0 Å². The van der Waals surface area contributed by atoms with Crippen molar-refractivity contribution in [2.24, 2.45) is 0 Å². The first kappa shape index (κ1) is 12.4. The van der Waals surface area contributed by atoms with Gasteiger partial charge in [-0.15, -0.1) is 0 Å². The van der Waals surface area contributed by atoms with Gasteiger partial charge in [-0.1, -0.05) is 0 Å². The van der Waals surface area contributed by atoms with Crippen LogP contribution in [0.5, 0.6) is 0 Å². The molecule has 2 atom stereocenters. The van der Waals surface area contributed by atoms with Crippen molar-refractivity contribution in [3.8, 4) is 0 Å². The lowest BCUT2D eigenvalue weighted by atomic mass is 10.0. The van der Waals surface area contributed by atoms with Crippen LogP contribution in [-0.2, 0) is 14.3 Å². The van der Waals surface area contributed by atoms with Gasteiger partial charge in [0.15, 0.2) is 6.10 Å². The molecule has 5 nitrogen and oxygen atoms in total. The summed E-state index contributed by atoms with van der Waals surface area (Å²) in [5, 5.41) is 3.29. The van der Waals surface area contributed by atoms with Crippen molar-refractivity contribution >= 4 is 11.9 Å². The van der Waals surface area contributed by atoms with Gasteiger partial charge >= 0.3 is 5.97 Å². The minimum absolute atomic E-state index is 0.0143. The highest BCUT2D eigenvalue weighted by molar-refractivity contribution is 5.86. The summed E-state index contributed by atoms with van der Waals surface area (Å²) in [5.74, 6) is -0.387. The molecule has 0 aromatic rings. The Hall–Kier alpha value is -1.10. The van der Waals surface area contributed by atoms with E-state index in [1.165, 1.54) is 6.92 Å². The molecule has 2 rings (SSSR count). The highest BCUT2D eigenvalue weighted by Gasteiger charge is 2.42. The zero-order valence-corrected chi connectivity index (χ0v) is 10.4. The predicted octanol–water partition coefficient (Wildman–Crippen LogP) is 0.291. The van der Waals surface area contributed by atoms with E-state index in [0.29, 0.717) is 12.5 Å². The van der Waals surface area contributed by atoms with Crippen LogP contribution in [0.4, 0.5) is 0 Å². The Balaban J connectivity index is 2.02. The third kappa shape index (κ3) is 2.60. The highest BCUT2D eigenvalue weighted by atomic mass is 16.5. The number of piperidine rings is 1. The minimum Gasteiger partial charge on any atom is -0.452 e. The van der Waals surface area contributed by atoms with Crippen molar-refractivity contribution < 1.29 is 14.3 Å². The summed E-state index contributed by atoms with van der Waals surface area (Å²) in [6.45, 7) is 5.30. The van der Waals surface area contributed by atoms with Crippen molar-refractivity contribution in [1.82, 2.24) is 10.2 Å². The number of ether oxygens (including phenoxy) is 1. The molecule has 1 amide bonds. The molecule has 1 N–H and O–H groups in total. The van der Waals surface area contributed by atoms with E-state index in [1.807, 2.05) is 11.8 Å². The van der Waals surface area contributed by atoms with Gasteiger partial charge < -0.3 is 15.0 Å². The molecule has 17 heavy (non-hydrogen) atoms. The van der Waals surface area contributed by atoms with Crippen LogP contribution < -0.4 is 5.32 Å². The van der Waals surface area contributed by atoms with Crippen LogP contribution in [0.15, 0.2) is 0 Å². The lowest BCUT2D eigenvalue weighted by Gasteiger charge is -2.34. The van der Waals surface area contributed by atoms with Crippen LogP contribution in [0.25, 0.3) is 0 Å². The number of hydrogen-bond acceptors (Lipinski definition) is 4. The van der Waals surface area contributed by atoms with E-state index >= 15 is 0 Å². The number of carbonyl (C=O) groups excluding carboxylic acids is 2. The Morgan fingerprint density at radius 2 is 2.06 bits per heavy atom. The van der Waals surface area contributed by atoms with E-state index in [-0.39, 0.29) is 17.9 Å². The molecule has 0 spiro atoms. The fraction of sp³-hybridized carbons (Fsp3) is 0.833. The molecule has 0 bridgehead atoms. The number of amides is 1. The highest BCUT2D eigenvalue weighted by Crippen LogP contribution is 2.27. The van der Waals surface area contributed by atoms with Gasteiger partial charge in [-0.05, 0) is 32.9 Å². The number of carbonyl (C=O) groups is 2. The molecule has 2 heterocycles. The molecule has 5 heteroatoms. The second-order valence-corrected chi connectivity index (χ2v) is 4.91. The van der Waals surface area contributed by atoms with Crippen LogP contribution in [0.3, 0.4) is 0 Å². The van der Waals surface area contributed by atoms with Crippen LogP contribution >= 0.6 is 0 Å². The van der Waals surface area contributed by atoms with Gasteiger partial charge in [0.25, 0.3) is 5.91 Å². The molecule has 0 aromatic carbocycles.